The predicted molar refractivity (Wildman–Crippen MR) is 117 cm³/mol. The molecular formula is C21H26F3N3O7S. The molecule has 10 nitrogen and oxygen atoms in total. The first-order valence-electron chi connectivity index (χ1n) is 10.5. The number of carbonyl (C=O) groups excluding carboxylic acids is 1. The molecule has 0 saturated carbocycles. The van der Waals surface area contributed by atoms with Crippen LogP contribution < -0.4 is 11.5 Å². The van der Waals surface area contributed by atoms with Crippen molar-refractivity contribution in [2.45, 2.75) is 30.7 Å². The van der Waals surface area contributed by atoms with Gasteiger partial charge in [0.05, 0.1) is 0 Å². The van der Waals surface area contributed by atoms with Gasteiger partial charge < -0.3 is 21.7 Å². The second-order valence-electron chi connectivity index (χ2n) is 8.44. The molecule has 3 rings (SSSR count). The van der Waals surface area contributed by atoms with Gasteiger partial charge in [-0.1, -0.05) is 0 Å². The molecule has 2 aliphatic heterocycles. The van der Waals surface area contributed by atoms with Crippen molar-refractivity contribution in [2.24, 2.45) is 23.3 Å². The fourth-order valence-corrected chi connectivity index (χ4v) is 6.54. The van der Waals surface area contributed by atoms with E-state index in [1.165, 1.54) is 0 Å². The lowest BCUT2D eigenvalue weighted by atomic mass is 9.84. The van der Waals surface area contributed by atoms with Crippen LogP contribution in [0.25, 0.3) is 0 Å². The van der Waals surface area contributed by atoms with E-state index in [0.717, 1.165) is 6.07 Å². The number of fused-ring (bicyclic) bond motifs is 2. The number of carbonyl (C=O) groups is 3. The third kappa shape index (κ3) is 7.77. The number of carboxylic acid groups (broad SMARTS) is 2. The fourth-order valence-electron chi connectivity index (χ4n) is 4.49. The molecule has 2 fully saturated rings. The molecule has 2 saturated heterocycles. The number of carboxylic acids is 2. The van der Waals surface area contributed by atoms with E-state index in [1.807, 2.05) is 0 Å². The zero-order valence-electron chi connectivity index (χ0n) is 18.4. The predicted octanol–water partition coefficient (Wildman–Crippen LogP) is 0.254. The minimum Gasteiger partial charge on any atom is -0.478 e. The molecule has 1 aromatic carbocycles. The van der Waals surface area contributed by atoms with Crippen LogP contribution in [0.4, 0.5) is 13.2 Å². The van der Waals surface area contributed by atoms with Crippen molar-refractivity contribution >= 4 is 27.7 Å². The second-order valence-corrected chi connectivity index (χ2v) is 10.5. The first kappa shape index (κ1) is 28.3. The monoisotopic (exact) mass is 521 g/mol. The standard InChI is InChI=1S/C17H22F3N3O3S.C4H4O4/c18-12-6-14(20)13(19)4-10(12)5-15(21)11-3-9-1-2-23(7-11)17(9)27(25,26)8-16(22)24;5-3(6)1-2-4(7)8/h4,6,9,11,15,17H,1-3,5,7-8,21H2,(H2,22,24);1-2H,(H,5,6)(H,7,8)/b;2-1-/t9?,11?,15-,17?;/m1./s1. The average Bonchev–Trinajstić information content (AvgIpc) is 3.01. The van der Waals surface area contributed by atoms with E-state index in [9.17, 15) is 36.0 Å². The lowest BCUT2D eigenvalue weighted by Crippen LogP contribution is -2.52. The zero-order valence-corrected chi connectivity index (χ0v) is 19.3. The Balaban J connectivity index is 0.000000466. The Morgan fingerprint density at radius 1 is 1.09 bits per heavy atom. The van der Waals surface area contributed by atoms with Crippen LogP contribution in [0.5, 0.6) is 0 Å². The van der Waals surface area contributed by atoms with Crippen molar-refractivity contribution in [2.75, 3.05) is 18.8 Å². The number of aliphatic carboxylic acids is 2. The van der Waals surface area contributed by atoms with E-state index < -0.39 is 62.3 Å². The van der Waals surface area contributed by atoms with E-state index in [0.29, 0.717) is 44.1 Å². The maximum absolute atomic E-state index is 13.9. The summed E-state index contributed by atoms with van der Waals surface area (Å²) in [7, 11) is -3.68. The van der Waals surface area contributed by atoms with Crippen LogP contribution in [0.3, 0.4) is 0 Å². The molecule has 0 spiro atoms. The van der Waals surface area contributed by atoms with Gasteiger partial charge in [0.1, 0.15) is 16.9 Å². The molecular weight excluding hydrogens is 495 g/mol. The van der Waals surface area contributed by atoms with Crippen LogP contribution >= 0.6 is 0 Å². The van der Waals surface area contributed by atoms with Crippen LogP contribution in [-0.2, 0) is 30.6 Å². The highest BCUT2D eigenvalue weighted by Gasteiger charge is 2.48. The maximum atomic E-state index is 13.9. The van der Waals surface area contributed by atoms with Crippen molar-refractivity contribution in [3.05, 3.63) is 47.3 Å². The molecule has 0 radical (unpaired) electrons. The Hall–Kier alpha value is -2.97. The molecule has 2 aliphatic rings. The minimum atomic E-state index is -3.68. The first-order chi connectivity index (χ1) is 16.2. The third-order valence-electron chi connectivity index (χ3n) is 5.86. The van der Waals surface area contributed by atoms with Gasteiger partial charge in [0.15, 0.2) is 21.5 Å². The Morgan fingerprint density at radius 3 is 2.17 bits per heavy atom. The summed E-state index contributed by atoms with van der Waals surface area (Å²) in [6.45, 7) is 0.946. The van der Waals surface area contributed by atoms with Gasteiger partial charge in [-0.05, 0) is 49.3 Å². The lowest BCUT2D eigenvalue weighted by Gasteiger charge is -2.39. The third-order valence-corrected chi connectivity index (χ3v) is 7.96. The fraction of sp³-hybridized carbons (Fsp3) is 0.476. The molecule has 2 bridgehead atoms. The van der Waals surface area contributed by atoms with Crippen LogP contribution in [-0.4, -0.2) is 71.6 Å². The van der Waals surface area contributed by atoms with Crippen LogP contribution in [0, 0.1) is 29.3 Å². The van der Waals surface area contributed by atoms with Crippen molar-refractivity contribution in [3.63, 3.8) is 0 Å². The Labute approximate surface area is 199 Å². The molecule has 0 aromatic heterocycles. The molecule has 1 aromatic rings. The smallest absolute Gasteiger partial charge is 0.328 e. The molecule has 194 valence electrons. The van der Waals surface area contributed by atoms with Crippen molar-refractivity contribution < 1.29 is 46.2 Å². The summed E-state index contributed by atoms with van der Waals surface area (Å²) in [4.78, 5) is 31.9. The minimum absolute atomic E-state index is 0.00720. The molecule has 35 heavy (non-hydrogen) atoms. The SMILES string of the molecule is NC(=O)CS(=O)(=O)C1C2CCN1CC([C@H](N)Cc1cc(F)c(F)cc1F)C2.O=C(O)/C=C\C(=O)O. The van der Waals surface area contributed by atoms with E-state index in [1.54, 1.807) is 4.90 Å². The highest BCUT2D eigenvalue weighted by Crippen LogP contribution is 2.40. The number of sulfone groups is 1. The van der Waals surface area contributed by atoms with Gasteiger partial charge in [0.2, 0.25) is 5.91 Å². The van der Waals surface area contributed by atoms with E-state index in [-0.39, 0.29) is 23.8 Å². The quantitative estimate of drug-likeness (QED) is 0.275. The van der Waals surface area contributed by atoms with Gasteiger partial charge in [-0.25, -0.2) is 31.2 Å². The molecule has 2 heterocycles. The highest BCUT2D eigenvalue weighted by molar-refractivity contribution is 7.92. The second kappa shape index (κ2) is 11.6. The van der Waals surface area contributed by atoms with Crippen molar-refractivity contribution in [1.29, 1.82) is 0 Å². The van der Waals surface area contributed by atoms with Crippen molar-refractivity contribution in [3.8, 4) is 0 Å². The van der Waals surface area contributed by atoms with Gasteiger partial charge in [0, 0.05) is 30.8 Å². The molecule has 1 amide bonds. The Kier molecular flexibility index (Phi) is 9.40. The average molecular weight is 522 g/mol. The number of hydrogen-bond acceptors (Lipinski definition) is 7. The largest absolute Gasteiger partial charge is 0.478 e. The summed E-state index contributed by atoms with van der Waals surface area (Å²) in [6.07, 6.45) is 2.30. The summed E-state index contributed by atoms with van der Waals surface area (Å²) < 4.78 is 65.2. The van der Waals surface area contributed by atoms with Gasteiger partial charge in [-0.3, -0.25) is 9.69 Å². The van der Waals surface area contributed by atoms with Crippen LogP contribution in [0.15, 0.2) is 24.3 Å². The summed E-state index contributed by atoms with van der Waals surface area (Å²) in [6, 6.07) is 0.771. The summed E-state index contributed by atoms with van der Waals surface area (Å²) in [5, 5.41) is 14.9. The van der Waals surface area contributed by atoms with E-state index in [4.69, 9.17) is 21.7 Å². The number of rotatable bonds is 8. The molecule has 0 aliphatic carbocycles. The van der Waals surface area contributed by atoms with E-state index in [2.05, 4.69) is 0 Å². The number of primary amides is 1. The van der Waals surface area contributed by atoms with Crippen LogP contribution in [0.1, 0.15) is 18.4 Å². The Bertz CT molecular complexity index is 1080. The maximum Gasteiger partial charge on any atom is 0.328 e. The number of nitrogens with two attached hydrogens (primary N) is 2. The van der Waals surface area contributed by atoms with Crippen molar-refractivity contribution in [1.82, 2.24) is 4.90 Å². The normalized spacial score (nSPS) is 24.5. The van der Waals surface area contributed by atoms with Gasteiger partial charge in [0.25, 0.3) is 0 Å². The summed E-state index contributed by atoms with van der Waals surface area (Å²) in [5.41, 5.74) is 11.2. The molecule has 14 heteroatoms. The van der Waals surface area contributed by atoms with Gasteiger partial charge in [-0.15, -0.1) is 0 Å². The highest BCUT2D eigenvalue weighted by atomic mass is 32.2. The summed E-state index contributed by atoms with van der Waals surface area (Å²) >= 11 is 0. The number of nitrogens with zero attached hydrogens (tertiary/aromatic N) is 1. The number of piperidine rings is 1. The number of halogens is 3. The summed E-state index contributed by atoms with van der Waals surface area (Å²) in [5.74, 6) is -7.65. The lowest BCUT2D eigenvalue weighted by molar-refractivity contribution is -0.134. The molecule has 5 atom stereocenters. The zero-order chi connectivity index (χ0) is 26.5. The number of amides is 1. The number of benzene rings is 1. The van der Waals surface area contributed by atoms with Gasteiger partial charge in [-0.2, -0.15) is 0 Å². The van der Waals surface area contributed by atoms with E-state index >= 15 is 0 Å². The molecule has 4 unspecified atom stereocenters. The van der Waals surface area contributed by atoms with Gasteiger partial charge >= 0.3 is 11.9 Å². The number of hydrogen-bond donors (Lipinski definition) is 4. The van der Waals surface area contributed by atoms with Crippen LogP contribution in [0.2, 0.25) is 0 Å². The first-order valence-corrected chi connectivity index (χ1v) is 12.2. The Morgan fingerprint density at radius 2 is 1.66 bits per heavy atom. The molecule has 6 N–H and O–H groups in total. The topological polar surface area (TPSA) is 181 Å².